The van der Waals surface area contributed by atoms with Crippen molar-refractivity contribution in [3.63, 3.8) is 0 Å². The van der Waals surface area contributed by atoms with E-state index in [0.29, 0.717) is 31.2 Å². The summed E-state index contributed by atoms with van der Waals surface area (Å²) in [6.07, 6.45) is 11.2. The summed E-state index contributed by atoms with van der Waals surface area (Å²) < 4.78 is 19.3. The van der Waals surface area contributed by atoms with Crippen molar-refractivity contribution in [2.24, 2.45) is 0 Å². The lowest BCUT2D eigenvalue weighted by Crippen LogP contribution is -2.50. The van der Waals surface area contributed by atoms with Crippen molar-refractivity contribution in [3.05, 3.63) is 53.3 Å². The first-order valence-corrected chi connectivity index (χ1v) is 13.8. The molecule has 1 saturated carbocycles. The number of hydrogen-bond donors (Lipinski definition) is 0. The molecule has 0 bridgehead atoms. The van der Waals surface area contributed by atoms with Crippen LogP contribution in [0.3, 0.4) is 0 Å². The minimum Gasteiger partial charge on any atom is -0.453 e. The lowest BCUT2D eigenvalue weighted by Gasteiger charge is -2.41. The molecule has 2 aliphatic heterocycles. The fraction of sp³-hybridized carbons (Fsp3) is 0.621. The zero-order valence-electron chi connectivity index (χ0n) is 21.8. The summed E-state index contributed by atoms with van der Waals surface area (Å²) in [5, 5.41) is 4.86. The van der Waals surface area contributed by atoms with E-state index in [2.05, 4.69) is 30.3 Å². The predicted octanol–water partition coefficient (Wildman–Crippen LogP) is 5.45. The van der Waals surface area contributed by atoms with E-state index in [4.69, 9.17) is 19.3 Å². The summed E-state index contributed by atoms with van der Waals surface area (Å²) in [5.41, 5.74) is 2.71. The van der Waals surface area contributed by atoms with Crippen molar-refractivity contribution in [2.75, 3.05) is 26.9 Å². The number of ether oxygens (including phenoxy) is 3. The van der Waals surface area contributed by atoms with Gasteiger partial charge in [0.1, 0.15) is 6.23 Å². The minimum atomic E-state index is -0.353. The summed E-state index contributed by atoms with van der Waals surface area (Å²) in [7, 11) is 1.42. The number of benzene rings is 1. The van der Waals surface area contributed by atoms with E-state index in [9.17, 15) is 9.59 Å². The Labute approximate surface area is 219 Å². The van der Waals surface area contributed by atoms with Crippen LogP contribution in [-0.4, -0.2) is 66.1 Å². The van der Waals surface area contributed by atoms with E-state index in [1.807, 2.05) is 0 Å². The summed E-state index contributed by atoms with van der Waals surface area (Å²) >= 11 is 0. The van der Waals surface area contributed by atoms with Crippen molar-refractivity contribution in [2.45, 2.75) is 88.0 Å². The third kappa shape index (κ3) is 5.91. The molecule has 8 heteroatoms. The van der Waals surface area contributed by atoms with Gasteiger partial charge in [0.15, 0.2) is 6.29 Å². The Bertz CT molecular complexity index is 1030. The number of likely N-dealkylation sites (tertiary alicyclic amines) is 1. The van der Waals surface area contributed by atoms with Gasteiger partial charge in [0.25, 0.3) is 0 Å². The van der Waals surface area contributed by atoms with Crippen LogP contribution in [0.1, 0.15) is 97.5 Å². The van der Waals surface area contributed by atoms with Gasteiger partial charge in [-0.25, -0.2) is 9.48 Å². The molecule has 1 aliphatic carbocycles. The number of hydrogen-bond acceptors (Lipinski definition) is 6. The van der Waals surface area contributed by atoms with Gasteiger partial charge in [-0.15, -0.1) is 0 Å². The number of piperidine rings is 1. The van der Waals surface area contributed by atoms with Gasteiger partial charge in [0.05, 0.1) is 37.1 Å². The number of aldehydes is 1. The lowest BCUT2D eigenvalue weighted by atomic mass is 9.82. The summed E-state index contributed by atoms with van der Waals surface area (Å²) in [5.74, 6) is 0.481. The van der Waals surface area contributed by atoms with E-state index in [1.165, 1.54) is 12.7 Å². The van der Waals surface area contributed by atoms with Crippen LogP contribution in [-0.2, 0) is 14.2 Å². The van der Waals surface area contributed by atoms with Crippen LogP contribution in [0.25, 0.3) is 0 Å². The average Bonchev–Trinajstić information content (AvgIpc) is 3.41. The third-order valence-corrected chi connectivity index (χ3v) is 8.36. The molecule has 0 N–H and O–H groups in total. The second kappa shape index (κ2) is 12.2. The monoisotopic (exact) mass is 509 g/mol. The topological polar surface area (TPSA) is 82.9 Å². The molecular weight excluding hydrogens is 470 g/mol. The van der Waals surface area contributed by atoms with Crippen molar-refractivity contribution >= 4 is 12.4 Å². The molecule has 5 rings (SSSR count). The fourth-order valence-corrected chi connectivity index (χ4v) is 6.33. The van der Waals surface area contributed by atoms with E-state index in [0.717, 1.165) is 69.8 Å². The molecule has 3 atom stereocenters. The highest BCUT2D eigenvalue weighted by Crippen LogP contribution is 2.37. The molecule has 1 aromatic carbocycles. The molecule has 0 spiro atoms. The average molecular weight is 510 g/mol. The van der Waals surface area contributed by atoms with Gasteiger partial charge in [-0.05, 0) is 69.3 Å². The summed E-state index contributed by atoms with van der Waals surface area (Å²) in [4.78, 5) is 26.6. The molecule has 1 aromatic heterocycles. The Hall–Kier alpha value is -2.71. The molecule has 3 heterocycles. The maximum Gasteiger partial charge on any atom is 0.409 e. The lowest BCUT2D eigenvalue weighted by molar-refractivity contribution is -0.0405. The summed E-state index contributed by atoms with van der Waals surface area (Å²) in [6, 6.07) is 10.5. The number of methoxy groups -OCH3 is 1. The quantitative estimate of drug-likeness (QED) is 0.462. The smallest absolute Gasteiger partial charge is 0.409 e. The van der Waals surface area contributed by atoms with E-state index < -0.39 is 0 Å². The highest BCUT2D eigenvalue weighted by atomic mass is 16.5. The normalized spacial score (nSPS) is 28.6. The van der Waals surface area contributed by atoms with Crippen LogP contribution >= 0.6 is 0 Å². The van der Waals surface area contributed by atoms with Gasteiger partial charge in [0.2, 0.25) is 0 Å². The van der Waals surface area contributed by atoms with E-state index in [1.54, 1.807) is 15.8 Å². The number of carbonyl (C=O) groups is 2. The zero-order valence-corrected chi connectivity index (χ0v) is 21.8. The standard InChI is InChI=1S/C29H39N3O5/c1-35-29(34)31-16-7-10-25(28-23(19-33)18-32(30-28)27-11-5-6-17-36-27)26(31)20-37-24-14-12-22(13-15-24)21-8-3-2-4-9-21/h2-4,8-9,18-19,22,24-27H,5-7,10-17,20H2,1H3/t22?,24?,25-,26-,27?/m0/s1. The molecule has 3 fully saturated rings. The van der Waals surface area contributed by atoms with Crippen molar-refractivity contribution in [1.82, 2.24) is 14.7 Å². The fourth-order valence-electron chi connectivity index (χ4n) is 6.33. The van der Waals surface area contributed by atoms with Crippen molar-refractivity contribution < 1.29 is 23.8 Å². The second-order valence-corrected chi connectivity index (χ2v) is 10.6. The van der Waals surface area contributed by atoms with E-state index >= 15 is 0 Å². The first kappa shape index (κ1) is 25.9. The van der Waals surface area contributed by atoms with Gasteiger partial charge in [0, 0.05) is 25.3 Å². The van der Waals surface area contributed by atoms with Gasteiger partial charge in [-0.3, -0.25) is 4.79 Å². The second-order valence-electron chi connectivity index (χ2n) is 10.6. The maximum atomic E-state index is 12.7. The molecule has 1 amide bonds. The molecule has 2 aromatic rings. The Morgan fingerprint density at radius 1 is 1.08 bits per heavy atom. The number of amides is 1. The highest BCUT2D eigenvalue weighted by molar-refractivity contribution is 5.76. The largest absolute Gasteiger partial charge is 0.453 e. The Morgan fingerprint density at radius 2 is 1.89 bits per heavy atom. The number of carbonyl (C=O) groups excluding carboxylic acids is 2. The molecule has 200 valence electrons. The van der Waals surface area contributed by atoms with Gasteiger partial charge < -0.3 is 19.1 Å². The first-order chi connectivity index (χ1) is 18.2. The number of rotatable bonds is 7. The number of nitrogens with zero attached hydrogens (tertiary/aromatic N) is 3. The molecular formula is C29H39N3O5. The predicted molar refractivity (Wildman–Crippen MR) is 139 cm³/mol. The molecule has 2 saturated heterocycles. The molecule has 3 aliphatic rings. The molecule has 0 radical (unpaired) electrons. The molecule has 1 unspecified atom stereocenters. The van der Waals surface area contributed by atoms with Crippen molar-refractivity contribution in [1.29, 1.82) is 0 Å². The highest BCUT2D eigenvalue weighted by Gasteiger charge is 2.39. The van der Waals surface area contributed by atoms with Crippen LogP contribution in [0.2, 0.25) is 0 Å². The third-order valence-electron chi connectivity index (χ3n) is 8.36. The zero-order chi connectivity index (χ0) is 25.6. The van der Waals surface area contributed by atoms with Crippen LogP contribution < -0.4 is 0 Å². The SMILES string of the molecule is COC(=O)N1CCC[C@H](c2nn(C3CCCCO3)cc2C=O)[C@@H]1COC1CCC(c2ccccc2)CC1. The van der Waals surface area contributed by atoms with Gasteiger partial charge >= 0.3 is 6.09 Å². The van der Waals surface area contributed by atoms with Gasteiger partial charge in [-0.1, -0.05) is 30.3 Å². The minimum absolute atomic E-state index is 0.0986. The van der Waals surface area contributed by atoms with Crippen LogP contribution in [0.15, 0.2) is 36.5 Å². The van der Waals surface area contributed by atoms with Gasteiger partial charge in [-0.2, -0.15) is 5.10 Å². The van der Waals surface area contributed by atoms with Crippen LogP contribution in [0.4, 0.5) is 4.79 Å². The maximum absolute atomic E-state index is 12.7. The van der Waals surface area contributed by atoms with Crippen molar-refractivity contribution in [3.8, 4) is 0 Å². The van der Waals surface area contributed by atoms with Crippen LogP contribution in [0, 0.1) is 0 Å². The Kier molecular flexibility index (Phi) is 8.56. The number of aromatic nitrogens is 2. The van der Waals surface area contributed by atoms with E-state index in [-0.39, 0.29) is 30.4 Å². The molecule has 8 nitrogen and oxygen atoms in total. The Balaban J connectivity index is 1.30. The molecule has 37 heavy (non-hydrogen) atoms. The Morgan fingerprint density at radius 3 is 2.59 bits per heavy atom. The van der Waals surface area contributed by atoms with Crippen LogP contribution in [0.5, 0.6) is 0 Å². The first-order valence-electron chi connectivity index (χ1n) is 13.8. The summed E-state index contributed by atoms with van der Waals surface area (Å²) in [6.45, 7) is 1.73.